The highest BCUT2D eigenvalue weighted by Gasteiger charge is 2.41. The third-order valence-electron chi connectivity index (χ3n) is 5.75. The van der Waals surface area contributed by atoms with Gasteiger partial charge < -0.3 is 14.8 Å². The van der Waals surface area contributed by atoms with Gasteiger partial charge in [0.2, 0.25) is 5.91 Å². The summed E-state index contributed by atoms with van der Waals surface area (Å²) in [5, 5.41) is 3.09. The molecule has 2 saturated heterocycles. The van der Waals surface area contributed by atoms with E-state index in [1.54, 1.807) is 7.11 Å². The van der Waals surface area contributed by atoms with Crippen LogP contribution in [-0.4, -0.2) is 49.8 Å². The van der Waals surface area contributed by atoms with Gasteiger partial charge in [-0.3, -0.25) is 9.69 Å². The van der Waals surface area contributed by atoms with Crippen LogP contribution in [0.25, 0.3) is 0 Å². The number of fused-ring (bicyclic) bond motifs is 1. The highest BCUT2D eigenvalue weighted by atomic mass is 16.5. The van der Waals surface area contributed by atoms with Crippen molar-refractivity contribution in [1.29, 1.82) is 0 Å². The quantitative estimate of drug-likeness (QED) is 0.860. The Morgan fingerprint density at radius 2 is 2.24 bits per heavy atom. The van der Waals surface area contributed by atoms with Crippen molar-refractivity contribution in [2.24, 2.45) is 11.8 Å². The molecule has 1 aromatic rings. The summed E-state index contributed by atoms with van der Waals surface area (Å²) in [4.78, 5) is 14.6. The number of nitrogens with one attached hydrogen (secondary N) is 1. The van der Waals surface area contributed by atoms with E-state index in [-0.39, 0.29) is 12.0 Å². The van der Waals surface area contributed by atoms with Crippen molar-refractivity contribution < 1.29 is 14.3 Å². The number of nitrogens with zero attached hydrogens (tertiary/aromatic N) is 1. The summed E-state index contributed by atoms with van der Waals surface area (Å²) in [6.45, 7) is 3.87. The second kappa shape index (κ2) is 7.34. The van der Waals surface area contributed by atoms with Crippen molar-refractivity contribution in [3.8, 4) is 5.75 Å². The number of carbonyl (C=O) groups is 1. The number of carbonyl (C=O) groups excluding carboxylic acids is 1. The molecule has 0 spiro atoms. The molecular weight excluding hydrogens is 316 g/mol. The van der Waals surface area contributed by atoms with E-state index in [9.17, 15) is 4.79 Å². The topological polar surface area (TPSA) is 50.8 Å². The molecule has 2 aliphatic heterocycles. The number of ether oxygens (including phenoxy) is 2. The fraction of sp³-hybridized carbons (Fsp3) is 0.650. The van der Waals surface area contributed by atoms with Gasteiger partial charge in [-0.2, -0.15) is 0 Å². The van der Waals surface area contributed by atoms with Gasteiger partial charge in [-0.05, 0) is 49.4 Å². The van der Waals surface area contributed by atoms with Crippen molar-refractivity contribution in [2.75, 3.05) is 26.8 Å². The number of likely N-dealkylation sites (tertiary alicyclic amines) is 1. The predicted molar refractivity (Wildman–Crippen MR) is 95.4 cm³/mol. The molecule has 1 N–H and O–H groups in total. The SMILES string of the molecule is COc1cccc(CN2CC[C@H]3[C@H](CO[C@H]3CC(=O)NC3CC3)C2)c1. The van der Waals surface area contributed by atoms with Gasteiger partial charge in [0.1, 0.15) is 5.75 Å². The van der Waals surface area contributed by atoms with Crippen LogP contribution >= 0.6 is 0 Å². The Balaban J connectivity index is 1.29. The van der Waals surface area contributed by atoms with Gasteiger partial charge in [0, 0.05) is 25.0 Å². The normalized spacial score (nSPS) is 29.2. The Morgan fingerprint density at radius 1 is 1.36 bits per heavy atom. The first-order valence-electron chi connectivity index (χ1n) is 9.47. The Morgan fingerprint density at radius 3 is 3.04 bits per heavy atom. The van der Waals surface area contributed by atoms with E-state index in [2.05, 4.69) is 22.3 Å². The summed E-state index contributed by atoms with van der Waals surface area (Å²) in [7, 11) is 1.71. The lowest BCUT2D eigenvalue weighted by atomic mass is 9.83. The monoisotopic (exact) mass is 344 g/mol. The summed E-state index contributed by atoms with van der Waals surface area (Å²) in [6, 6.07) is 8.74. The number of piperidine rings is 1. The summed E-state index contributed by atoms with van der Waals surface area (Å²) in [5.74, 6) is 2.18. The smallest absolute Gasteiger partial charge is 0.222 e. The van der Waals surface area contributed by atoms with E-state index < -0.39 is 0 Å². The molecule has 5 heteroatoms. The third kappa shape index (κ3) is 4.15. The Kier molecular flexibility index (Phi) is 4.95. The van der Waals surface area contributed by atoms with Crippen LogP contribution in [0, 0.1) is 11.8 Å². The first-order valence-corrected chi connectivity index (χ1v) is 9.47. The Labute approximate surface area is 149 Å². The summed E-state index contributed by atoms with van der Waals surface area (Å²) in [6.07, 6.45) is 4.05. The van der Waals surface area contributed by atoms with E-state index in [0.717, 1.165) is 51.3 Å². The van der Waals surface area contributed by atoms with Crippen LogP contribution in [-0.2, 0) is 16.1 Å². The first kappa shape index (κ1) is 16.9. The molecule has 3 atom stereocenters. The standard InChI is InChI=1S/C20H28N2O3/c1-24-17-4-2-3-14(9-17)11-22-8-7-18-15(12-22)13-25-19(18)10-20(23)21-16-5-6-16/h2-4,9,15-16,18-19H,5-8,10-13H2,1H3,(H,21,23)/t15-,18-,19-/m0/s1. The van der Waals surface area contributed by atoms with Crippen molar-refractivity contribution in [3.05, 3.63) is 29.8 Å². The average Bonchev–Trinajstić information content (AvgIpc) is 3.34. The molecule has 136 valence electrons. The highest BCUT2D eigenvalue weighted by Crippen LogP contribution is 2.36. The maximum Gasteiger partial charge on any atom is 0.222 e. The molecule has 1 aliphatic carbocycles. The fourth-order valence-electron chi connectivity index (χ4n) is 4.24. The molecule has 1 aromatic carbocycles. The van der Waals surface area contributed by atoms with Gasteiger partial charge in [0.05, 0.1) is 26.2 Å². The minimum absolute atomic E-state index is 0.114. The number of amides is 1. The van der Waals surface area contributed by atoms with Crippen LogP contribution in [0.2, 0.25) is 0 Å². The van der Waals surface area contributed by atoms with Gasteiger partial charge in [-0.15, -0.1) is 0 Å². The molecule has 25 heavy (non-hydrogen) atoms. The van der Waals surface area contributed by atoms with E-state index in [1.165, 1.54) is 5.56 Å². The lowest BCUT2D eigenvalue weighted by Crippen LogP contribution is -2.42. The summed E-state index contributed by atoms with van der Waals surface area (Å²) in [5.41, 5.74) is 1.29. The predicted octanol–water partition coefficient (Wildman–Crippen LogP) is 2.20. The van der Waals surface area contributed by atoms with Crippen molar-refractivity contribution in [2.45, 2.75) is 44.4 Å². The molecule has 1 saturated carbocycles. The van der Waals surface area contributed by atoms with E-state index in [4.69, 9.17) is 9.47 Å². The van der Waals surface area contributed by atoms with E-state index in [0.29, 0.717) is 24.3 Å². The summed E-state index contributed by atoms with van der Waals surface area (Å²) < 4.78 is 11.3. The van der Waals surface area contributed by atoms with Crippen LogP contribution in [0.4, 0.5) is 0 Å². The Hall–Kier alpha value is -1.59. The number of hydrogen-bond acceptors (Lipinski definition) is 4. The van der Waals surface area contributed by atoms with Crippen LogP contribution in [0.15, 0.2) is 24.3 Å². The maximum absolute atomic E-state index is 12.1. The van der Waals surface area contributed by atoms with Gasteiger partial charge in [0.25, 0.3) is 0 Å². The molecule has 5 nitrogen and oxygen atoms in total. The molecular formula is C20H28N2O3. The lowest BCUT2D eigenvalue weighted by molar-refractivity contribution is -0.123. The number of rotatable bonds is 6. The minimum Gasteiger partial charge on any atom is -0.497 e. The average molecular weight is 344 g/mol. The maximum atomic E-state index is 12.1. The largest absolute Gasteiger partial charge is 0.497 e. The highest BCUT2D eigenvalue weighted by molar-refractivity contribution is 5.77. The molecule has 3 aliphatic rings. The zero-order valence-electron chi connectivity index (χ0n) is 14.9. The molecule has 3 fully saturated rings. The number of methoxy groups -OCH3 is 1. The van der Waals surface area contributed by atoms with Gasteiger partial charge in [0.15, 0.2) is 0 Å². The van der Waals surface area contributed by atoms with E-state index >= 15 is 0 Å². The molecule has 0 bridgehead atoms. The van der Waals surface area contributed by atoms with Gasteiger partial charge in [-0.1, -0.05) is 12.1 Å². The number of hydrogen-bond donors (Lipinski definition) is 1. The van der Waals surface area contributed by atoms with Crippen molar-refractivity contribution >= 4 is 5.91 Å². The second-order valence-electron chi connectivity index (χ2n) is 7.72. The molecule has 0 unspecified atom stereocenters. The molecule has 0 radical (unpaired) electrons. The molecule has 2 heterocycles. The van der Waals surface area contributed by atoms with Crippen LogP contribution in [0.3, 0.4) is 0 Å². The third-order valence-corrected chi connectivity index (χ3v) is 5.75. The van der Waals surface area contributed by atoms with E-state index in [1.807, 2.05) is 12.1 Å². The van der Waals surface area contributed by atoms with Gasteiger partial charge >= 0.3 is 0 Å². The van der Waals surface area contributed by atoms with Crippen LogP contribution in [0.1, 0.15) is 31.2 Å². The zero-order chi connectivity index (χ0) is 17.2. The lowest BCUT2D eigenvalue weighted by Gasteiger charge is -2.35. The fourth-order valence-corrected chi connectivity index (χ4v) is 4.24. The molecule has 4 rings (SSSR count). The van der Waals surface area contributed by atoms with Gasteiger partial charge in [-0.25, -0.2) is 0 Å². The minimum atomic E-state index is 0.114. The van der Waals surface area contributed by atoms with Crippen molar-refractivity contribution in [3.63, 3.8) is 0 Å². The van der Waals surface area contributed by atoms with Crippen molar-refractivity contribution in [1.82, 2.24) is 10.2 Å². The second-order valence-corrected chi connectivity index (χ2v) is 7.72. The molecule has 1 amide bonds. The zero-order valence-corrected chi connectivity index (χ0v) is 14.9. The van der Waals surface area contributed by atoms with Crippen LogP contribution < -0.4 is 10.1 Å². The Bertz CT molecular complexity index is 617. The molecule has 0 aromatic heterocycles. The van der Waals surface area contributed by atoms with Crippen LogP contribution in [0.5, 0.6) is 5.75 Å². The summed E-state index contributed by atoms with van der Waals surface area (Å²) >= 11 is 0. The number of benzene rings is 1. The first-order chi connectivity index (χ1) is 12.2.